The molecule has 1 fully saturated rings. The van der Waals surface area contributed by atoms with Gasteiger partial charge in [0.2, 0.25) is 0 Å². The van der Waals surface area contributed by atoms with Crippen molar-refractivity contribution in [2.24, 2.45) is 0 Å². The highest BCUT2D eigenvalue weighted by molar-refractivity contribution is 5.85. The molecule has 0 saturated carbocycles. The monoisotopic (exact) mass is 557 g/mol. The quantitative estimate of drug-likeness (QED) is 0.231. The lowest BCUT2D eigenvalue weighted by molar-refractivity contribution is -0.184. The van der Waals surface area contributed by atoms with Crippen LogP contribution in [0.1, 0.15) is 57.8 Å². The van der Waals surface area contributed by atoms with Crippen molar-refractivity contribution in [3.8, 4) is 5.75 Å². The predicted octanol–water partition coefficient (Wildman–Crippen LogP) is 6.06. The van der Waals surface area contributed by atoms with Crippen LogP contribution in [0.15, 0.2) is 30.3 Å². The number of carbonyl (C=O) groups is 1. The van der Waals surface area contributed by atoms with E-state index < -0.39 is 12.1 Å². The number of rotatable bonds is 16. The molecule has 1 aliphatic rings. The van der Waals surface area contributed by atoms with Gasteiger partial charge in [-0.25, -0.2) is 0 Å². The highest BCUT2D eigenvalue weighted by atomic mass is 35.5. The van der Waals surface area contributed by atoms with Crippen molar-refractivity contribution in [2.45, 2.75) is 64.0 Å². The number of hydrogen-bond acceptors (Lipinski definition) is 4. The minimum atomic E-state index is -4.77. The molecule has 2 rings (SSSR count). The highest BCUT2D eigenvalue weighted by Crippen LogP contribution is 2.18. The van der Waals surface area contributed by atoms with Crippen LogP contribution in [0, 0.1) is 0 Å². The molecule has 1 amide bonds. The molecule has 5 nitrogen and oxygen atoms in total. The second-order valence-electron chi connectivity index (χ2n) is 9.25. The number of benzene rings is 1. The second-order valence-corrected chi connectivity index (χ2v) is 9.25. The Morgan fingerprint density at radius 2 is 1.28 bits per heavy atom. The average molecular weight is 559 g/mol. The smallest absolute Gasteiger partial charge is 0.471 e. The molecule has 1 aromatic carbocycles. The minimum Gasteiger partial charge on any atom is -0.494 e. The van der Waals surface area contributed by atoms with Gasteiger partial charge in [-0.15, -0.1) is 24.8 Å². The van der Waals surface area contributed by atoms with Crippen LogP contribution in [-0.4, -0.2) is 86.3 Å². The van der Waals surface area contributed by atoms with Crippen LogP contribution in [0.2, 0.25) is 0 Å². The number of carbonyl (C=O) groups excluding carboxylic acids is 1. The lowest BCUT2D eigenvalue weighted by Gasteiger charge is -2.34. The molecule has 1 aliphatic heterocycles. The molecule has 0 aliphatic carbocycles. The summed E-state index contributed by atoms with van der Waals surface area (Å²) >= 11 is 0. The molecular formula is C26H44Cl2F3N3O2. The first-order valence-corrected chi connectivity index (χ1v) is 12.8. The molecule has 1 heterocycles. The fourth-order valence-corrected chi connectivity index (χ4v) is 4.27. The summed E-state index contributed by atoms with van der Waals surface area (Å²) in [6, 6.07) is 9.98. The third-order valence-corrected chi connectivity index (χ3v) is 6.40. The molecule has 0 atom stereocenters. The molecule has 36 heavy (non-hydrogen) atoms. The van der Waals surface area contributed by atoms with E-state index in [1.54, 1.807) is 0 Å². The van der Waals surface area contributed by atoms with Crippen LogP contribution < -0.4 is 4.74 Å². The summed E-state index contributed by atoms with van der Waals surface area (Å²) in [5, 5.41) is 0. The van der Waals surface area contributed by atoms with Crippen LogP contribution in [0.25, 0.3) is 0 Å². The maximum atomic E-state index is 12.4. The number of halogens is 5. The number of para-hydroxylation sites is 1. The molecule has 1 saturated heterocycles. The first-order valence-electron chi connectivity index (χ1n) is 12.8. The Bertz CT molecular complexity index is 676. The first kappa shape index (κ1) is 34.8. The van der Waals surface area contributed by atoms with Crippen LogP contribution in [0.4, 0.5) is 13.2 Å². The Labute approximate surface area is 227 Å². The molecule has 1 aromatic rings. The number of nitrogens with zero attached hydrogens (tertiary/aromatic N) is 3. The number of ether oxygens (including phenoxy) is 1. The van der Waals surface area contributed by atoms with Crippen molar-refractivity contribution in [3.63, 3.8) is 0 Å². The van der Waals surface area contributed by atoms with Gasteiger partial charge in [0.25, 0.3) is 0 Å². The van der Waals surface area contributed by atoms with Crippen molar-refractivity contribution in [1.82, 2.24) is 14.7 Å². The third-order valence-electron chi connectivity index (χ3n) is 6.40. The normalized spacial score (nSPS) is 14.6. The van der Waals surface area contributed by atoms with Gasteiger partial charge in [-0.05, 0) is 50.9 Å². The lowest BCUT2D eigenvalue weighted by atomic mass is 10.1. The van der Waals surface area contributed by atoms with E-state index in [1.807, 2.05) is 30.3 Å². The van der Waals surface area contributed by atoms with Crippen molar-refractivity contribution in [3.05, 3.63) is 30.3 Å². The van der Waals surface area contributed by atoms with Gasteiger partial charge < -0.3 is 19.4 Å². The molecule has 0 spiro atoms. The summed E-state index contributed by atoms with van der Waals surface area (Å²) in [6.45, 7) is 7.15. The maximum absolute atomic E-state index is 12.4. The van der Waals surface area contributed by atoms with Gasteiger partial charge in [-0.2, -0.15) is 13.2 Å². The summed E-state index contributed by atoms with van der Waals surface area (Å²) in [5.74, 6) is -0.803. The molecule has 10 heteroatoms. The lowest BCUT2D eigenvalue weighted by Crippen LogP contribution is -2.46. The Balaban J connectivity index is 0.00000612. The second kappa shape index (κ2) is 19.8. The highest BCUT2D eigenvalue weighted by Gasteiger charge is 2.40. The van der Waals surface area contributed by atoms with Gasteiger partial charge in [0.1, 0.15) is 5.75 Å². The molecule has 0 unspecified atom stereocenters. The minimum absolute atomic E-state index is 0. The van der Waals surface area contributed by atoms with E-state index in [2.05, 4.69) is 9.80 Å². The molecule has 0 bridgehead atoms. The van der Waals surface area contributed by atoms with Gasteiger partial charge in [0.15, 0.2) is 0 Å². The first-order chi connectivity index (χ1) is 16.4. The Kier molecular flexibility index (Phi) is 19.2. The summed E-state index contributed by atoms with van der Waals surface area (Å²) in [6.07, 6.45) is 5.37. The molecule has 0 radical (unpaired) electrons. The van der Waals surface area contributed by atoms with Gasteiger partial charge in [-0.1, -0.05) is 50.3 Å². The Hall–Kier alpha value is -1.22. The number of piperazine rings is 1. The van der Waals surface area contributed by atoms with Gasteiger partial charge in [0.05, 0.1) is 6.61 Å². The fraction of sp³-hybridized carbons (Fsp3) is 0.731. The van der Waals surface area contributed by atoms with E-state index in [4.69, 9.17) is 4.74 Å². The SMILES string of the molecule is CN(CCCCN1CCN(CCCCCCCCCOc2ccccc2)CC1)C(=O)C(F)(F)F.Cl.Cl. The fourth-order valence-electron chi connectivity index (χ4n) is 4.27. The topological polar surface area (TPSA) is 36.0 Å². The van der Waals surface area contributed by atoms with Crippen molar-refractivity contribution in [1.29, 1.82) is 0 Å². The van der Waals surface area contributed by atoms with E-state index in [-0.39, 0.29) is 31.4 Å². The maximum Gasteiger partial charge on any atom is 0.471 e. The summed E-state index contributed by atoms with van der Waals surface area (Å²) in [7, 11) is 1.22. The number of hydrogen-bond donors (Lipinski definition) is 0. The van der Waals surface area contributed by atoms with E-state index in [9.17, 15) is 18.0 Å². The zero-order valence-electron chi connectivity index (χ0n) is 21.5. The van der Waals surface area contributed by atoms with E-state index in [0.29, 0.717) is 6.42 Å². The Morgan fingerprint density at radius 1 is 0.806 bits per heavy atom. The van der Waals surface area contributed by atoms with Crippen molar-refractivity contribution >= 4 is 30.7 Å². The zero-order chi connectivity index (χ0) is 24.7. The summed E-state index contributed by atoms with van der Waals surface area (Å²) < 4.78 is 42.9. The average Bonchev–Trinajstić information content (AvgIpc) is 2.83. The van der Waals surface area contributed by atoms with Crippen LogP contribution >= 0.6 is 24.8 Å². The molecule has 0 N–H and O–H groups in total. The molecule has 0 aromatic heterocycles. The van der Waals surface area contributed by atoms with E-state index >= 15 is 0 Å². The summed E-state index contributed by atoms with van der Waals surface area (Å²) in [5.41, 5.74) is 0. The van der Waals surface area contributed by atoms with Crippen molar-refractivity contribution in [2.75, 3.05) is 59.5 Å². The predicted molar refractivity (Wildman–Crippen MR) is 145 cm³/mol. The zero-order valence-corrected chi connectivity index (χ0v) is 23.1. The van der Waals surface area contributed by atoms with Gasteiger partial charge in [-0.3, -0.25) is 4.79 Å². The van der Waals surface area contributed by atoms with Crippen LogP contribution in [-0.2, 0) is 4.79 Å². The number of amides is 1. The van der Waals surface area contributed by atoms with E-state index in [0.717, 1.165) is 69.4 Å². The van der Waals surface area contributed by atoms with Crippen LogP contribution in [0.3, 0.4) is 0 Å². The van der Waals surface area contributed by atoms with E-state index in [1.165, 1.54) is 45.6 Å². The molecular weight excluding hydrogens is 514 g/mol. The Morgan fingerprint density at radius 3 is 1.81 bits per heavy atom. The van der Waals surface area contributed by atoms with Crippen LogP contribution in [0.5, 0.6) is 5.75 Å². The standard InChI is InChI=1S/C26H42F3N3O2.2ClH/c1-30(25(33)26(27,28)29)16-11-12-18-32-21-19-31(20-22-32)17-10-5-3-2-4-6-13-23-34-24-14-8-7-9-15-24;;/h7-9,14-15H,2-6,10-13,16-23H2,1H3;2*1H. The van der Waals surface area contributed by atoms with Gasteiger partial charge >= 0.3 is 12.1 Å². The summed E-state index contributed by atoms with van der Waals surface area (Å²) in [4.78, 5) is 16.8. The van der Waals surface area contributed by atoms with Crippen molar-refractivity contribution < 1.29 is 22.7 Å². The van der Waals surface area contributed by atoms with Gasteiger partial charge in [0, 0.05) is 39.8 Å². The number of alkyl halides is 3. The number of unbranched alkanes of at least 4 members (excludes halogenated alkanes) is 7. The third kappa shape index (κ3) is 15.1. The molecule has 210 valence electrons. The largest absolute Gasteiger partial charge is 0.494 e.